The number of likely N-dealkylation sites (N-methyl/N-ethyl adjacent to an activating group) is 1. The highest BCUT2D eigenvalue weighted by Crippen LogP contribution is 2.24. The van der Waals surface area contributed by atoms with Gasteiger partial charge in [0, 0.05) is 28.2 Å². The van der Waals surface area contributed by atoms with Crippen molar-refractivity contribution in [3.63, 3.8) is 0 Å². The van der Waals surface area contributed by atoms with Crippen LogP contribution < -0.4 is 15.4 Å². The van der Waals surface area contributed by atoms with E-state index in [4.69, 9.17) is 9.15 Å². The number of halogens is 1. The third-order valence-electron chi connectivity index (χ3n) is 3.54. The molecule has 6 nitrogen and oxygen atoms in total. The van der Waals surface area contributed by atoms with E-state index in [0.29, 0.717) is 23.6 Å². The Balaban J connectivity index is 1.68. The predicted molar refractivity (Wildman–Crippen MR) is 102 cm³/mol. The van der Waals surface area contributed by atoms with Crippen LogP contribution in [0.1, 0.15) is 17.5 Å². The van der Waals surface area contributed by atoms with Gasteiger partial charge in [0.15, 0.2) is 12.4 Å². The Morgan fingerprint density at radius 1 is 1.15 bits per heavy atom. The molecular formula is C19H17BrN2O4. The largest absolute Gasteiger partial charge is 0.484 e. The van der Waals surface area contributed by atoms with E-state index in [1.165, 1.54) is 0 Å². The summed E-state index contributed by atoms with van der Waals surface area (Å²) in [6.45, 7) is 2.31. The van der Waals surface area contributed by atoms with E-state index in [-0.39, 0.29) is 24.2 Å². The molecule has 0 aliphatic heterocycles. The number of rotatable bonds is 6. The lowest BCUT2D eigenvalue weighted by Crippen LogP contribution is -2.28. The molecule has 3 aromatic rings. The minimum Gasteiger partial charge on any atom is -0.484 e. The lowest BCUT2D eigenvalue weighted by Gasteiger charge is -2.08. The molecule has 0 bridgehead atoms. The molecule has 0 aliphatic rings. The molecule has 0 spiro atoms. The predicted octanol–water partition coefficient (Wildman–Crippen LogP) is 3.96. The summed E-state index contributed by atoms with van der Waals surface area (Å²) in [6.07, 6.45) is 0. The van der Waals surface area contributed by atoms with Gasteiger partial charge < -0.3 is 19.8 Å². The maximum Gasteiger partial charge on any atom is 0.291 e. The molecule has 2 amide bonds. The van der Waals surface area contributed by atoms with Gasteiger partial charge in [0.25, 0.3) is 11.8 Å². The van der Waals surface area contributed by atoms with Gasteiger partial charge in [-0.1, -0.05) is 22.0 Å². The van der Waals surface area contributed by atoms with Crippen LogP contribution >= 0.6 is 15.9 Å². The number of ether oxygens (including phenoxy) is 1. The number of nitrogens with one attached hydrogen (secondary N) is 2. The molecule has 1 heterocycles. The van der Waals surface area contributed by atoms with E-state index in [1.807, 2.05) is 19.1 Å². The number of hydrogen-bond donors (Lipinski definition) is 2. The summed E-state index contributed by atoms with van der Waals surface area (Å²) in [5.41, 5.74) is 1.18. The Labute approximate surface area is 158 Å². The Morgan fingerprint density at radius 2 is 2.00 bits per heavy atom. The summed E-state index contributed by atoms with van der Waals surface area (Å²) in [6, 6.07) is 14.0. The van der Waals surface area contributed by atoms with Crippen molar-refractivity contribution in [2.75, 3.05) is 18.5 Å². The molecule has 2 aromatic carbocycles. The van der Waals surface area contributed by atoms with Crippen LogP contribution in [0.4, 0.5) is 5.69 Å². The van der Waals surface area contributed by atoms with Gasteiger partial charge in [-0.2, -0.15) is 0 Å². The van der Waals surface area contributed by atoms with Crippen LogP contribution in [0.3, 0.4) is 0 Å². The molecule has 26 heavy (non-hydrogen) atoms. The van der Waals surface area contributed by atoms with Gasteiger partial charge in [0.2, 0.25) is 0 Å². The zero-order chi connectivity index (χ0) is 18.5. The van der Waals surface area contributed by atoms with Crippen LogP contribution in [0.25, 0.3) is 11.0 Å². The third-order valence-corrected chi connectivity index (χ3v) is 4.03. The van der Waals surface area contributed by atoms with E-state index < -0.39 is 0 Å². The first-order chi connectivity index (χ1) is 12.5. The zero-order valence-corrected chi connectivity index (χ0v) is 15.6. The number of carbonyl (C=O) groups excluding carboxylic acids is 2. The van der Waals surface area contributed by atoms with Gasteiger partial charge in [-0.25, -0.2) is 0 Å². The van der Waals surface area contributed by atoms with Crippen molar-refractivity contribution in [3.8, 4) is 5.75 Å². The monoisotopic (exact) mass is 416 g/mol. The molecule has 0 aliphatic carbocycles. The number of anilines is 1. The lowest BCUT2D eigenvalue weighted by molar-refractivity contribution is -0.122. The van der Waals surface area contributed by atoms with E-state index in [1.54, 1.807) is 36.4 Å². The normalized spacial score (nSPS) is 10.5. The molecule has 0 saturated heterocycles. The molecule has 0 fully saturated rings. The van der Waals surface area contributed by atoms with Crippen LogP contribution in [-0.4, -0.2) is 25.0 Å². The van der Waals surface area contributed by atoms with E-state index in [9.17, 15) is 9.59 Å². The fourth-order valence-corrected chi connectivity index (χ4v) is 2.76. The molecule has 0 unspecified atom stereocenters. The maximum absolute atomic E-state index is 12.4. The Bertz CT molecular complexity index is 952. The maximum atomic E-state index is 12.4. The van der Waals surface area contributed by atoms with E-state index in [0.717, 1.165) is 9.86 Å². The second-order valence-electron chi connectivity index (χ2n) is 5.52. The van der Waals surface area contributed by atoms with Gasteiger partial charge in [-0.15, -0.1) is 0 Å². The van der Waals surface area contributed by atoms with Crippen molar-refractivity contribution in [1.29, 1.82) is 0 Å². The van der Waals surface area contributed by atoms with Crippen molar-refractivity contribution >= 4 is 44.4 Å². The summed E-state index contributed by atoms with van der Waals surface area (Å²) < 4.78 is 11.9. The zero-order valence-electron chi connectivity index (χ0n) is 14.0. The minimum absolute atomic E-state index is 0.0797. The van der Waals surface area contributed by atoms with E-state index >= 15 is 0 Å². The van der Waals surface area contributed by atoms with Crippen molar-refractivity contribution in [2.24, 2.45) is 0 Å². The smallest absolute Gasteiger partial charge is 0.291 e. The average molecular weight is 417 g/mol. The number of benzene rings is 2. The van der Waals surface area contributed by atoms with Crippen LogP contribution in [0.2, 0.25) is 0 Å². The standard InChI is InChI=1S/C19H17BrN2O4/c1-2-21-18(23)11-25-15-5-3-4-14(10-15)22-19(24)17-9-12-8-13(20)6-7-16(12)26-17/h3-10H,2,11H2,1H3,(H,21,23)(H,22,24). The fourth-order valence-electron chi connectivity index (χ4n) is 2.38. The first-order valence-corrected chi connectivity index (χ1v) is 8.84. The van der Waals surface area contributed by atoms with Crippen LogP contribution in [0.5, 0.6) is 5.75 Å². The van der Waals surface area contributed by atoms with Crippen molar-refractivity contribution in [1.82, 2.24) is 5.32 Å². The summed E-state index contributed by atoms with van der Waals surface area (Å²) in [5, 5.41) is 6.25. The van der Waals surface area contributed by atoms with Gasteiger partial charge in [0.1, 0.15) is 11.3 Å². The average Bonchev–Trinajstić information content (AvgIpc) is 3.04. The Morgan fingerprint density at radius 3 is 2.81 bits per heavy atom. The first-order valence-electron chi connectivity index (χ1n) is 8.05. The number of amides is 2. The number of furan rings is 1. The van der Waals surface area contributed by atoms with Crippen LogP contribution in [0, 0.1) is 0 Å². The van der Waals surface area contributed by atoms with Gasteiger partial charge in [-0.3, -0.25) is 9.59 Å². The molecule has 2 N–H and O–H groups in total. The van der Waals surface area contributed by atoms with Gasteiger partial charge in [0.05, 0.1) is 0 Å². The topological polar surface area (TPSA) is 80.6 Å². The molecule has 3 rings (SSSR count). The van der Waals surface area contributed by atoms with Crippen molar-refractivity contribution in [2.45, 2.75) is 6.92 Å². The number of fused-ring (bicyclic) bond motifs is 1. The van der Waals surface area contributed by atoms with Crippen molar-refractivity contribution < 1.29 is 18.7 Å². The van der Waals surface area contributed by atoms with Crippen molar-refractivity contribution in [3.05, 3.63) is 58.8 Å². The second-order valence-corrected chi connectivity index (χ2v) is 6.43. The molecule has 0 atom stereocenters. The molecule has 0 saturated carbocycles. The lowest BCUT2D eigenvalue weighted by atomic mass is 10.2. The first kappa shape index (κ1) is 18.0. The fraction of sp³-hybridized carbons (Fsp3) is 0.158. The van der Waals surface area contributed by atoms with Crippen LogP contribution in [0.15, 0.2) is 57.4 Å². The highest BCUT2D eigenvalue weighted by molar-refractivity contribution is 9.10. The Hall–Kier alpha value is -2.80. The summed E-state index contributed by atoms with van der Waals surface area (Å²) in [5.74, 6) is 0.142. The van der Waals surface area contributed by atoms with E-state index in [2.05, 4.69) is 26.6 Å². The third kappa shape index (κ3) is 4.43. The molecule has 0 radical (unpaired) electrons. The van der Waals surface area contributed by atoms with Crippen LogP contribution in [-0.2, 0) is 4.79 Å². The number of hydrogen-bond acceptors (Lipinski definition) is 4. The highest BCUT2D eigenvalue weighted by Gasteiger charge is 2.13. The second kappa shape index (κ2) is 8.05. The van der Waals surface area contributed by atoms with Gasteiger partial charge in [-0.05, 0) is 43.3 Å². The summed E-state index contributed by atoms with van der Waals surface area (Å²) in [7, 11) is 0. The minimum atomic E-state index is -0.363. The molecule has 1 aromatic heterocycles. The number of carbonyl (C=O) groups is 2. The molecule has 134 valence electrons. The molecular weight excluding hydrogens is 400 g/mol. The quantitative estimate of drug-likeness (QED) is 0.636. The summed E-state index contributed by atoms with van der Waals surface area (Å²) >= 11 is 3.39. The summed E-state index contributed by atoms with van der Waals surface area (Å²) in [4.78, 5) is 23.9. The SMILES string of the molecule is CCNC(=O)COc1cccc(NC(=O)c2cc3cc(Br)ccc3o2)c1. The van der Waals surface area contributed by atoms with Gasteiger partial charge >= 0.3 is 0 Å². The highest BCUT2D eigenvalue weighted by atomic mass is 79.9. The Kier molecular flexibility index (Phi) is 5.58. The molecule has 7 heteroatoms.